The van der Waals surface area contributed by atoms with Gasteiger partial charge in [0.25, 0.3) is 0 Å². The SMILES string of the molecule is Fc1cc(F)cc(NCc2ccc(Cl)cc2F)c1. The van der Waals surface area contributed by atoms with Gasteiger partial charge in [0.15, 0.2) is 0 Å². The van der Waals surface area contributed by atoms with Gasteiger partial charge < -0.3 is 5.32 Å². The van der Waals surface area contributed by atoms with Crippen molar-refractivity contribution < 1.29 is 13.2 Å². The first-order valence-electron chi connectivity index (χ1n) is 5.18. The van der Waals surface area contributed by atoms with Crippen LogP contribution in [0.3, 0.4) is 0 Å². The number of halogens is 4. The number of anilines is 1. The van der Waals surface area contributed by atoms with Gasteiger partial charge in [-0.05, 0) is 24.3 Å². The highest BCUT2D eigenvalue weighted by Crippen LogP contribution is 2.17. The fourth-order valence-electron chi connectivity index (χ4n) is 1.52. The van der Waals surface area contributed by atoms with Gasteiger partial charge in [-0.1, -0.05) is 17.7 Å². The third kappa shape index (κ3) is 3.17. The van der Waals surface area contributed by atoms with Crippen molar-refractivity contribution in [3.8, 4) is 0 Å². The lowest BCUT2D eigenvalue weighted by Crippen LogP contribution is -2.02. The lowest BCUT2D eigenvalue weighted by Gasteiger charge is -2.08. The fraction of sp³-hybridized carbons (Fsp3) is 0.0769. The molecule has 0 amide bonds. The molecule has 0 unspecified atom stereocenters. The predicted octanol–water partition coefficient (Wildman–Crippen LogP) is 4.37. The molecule has 0 bridgehead atoms. The average molecular weight is 272 g/mol. The lowest BCUT2D eigenvalue weighted by atomic mass is 10.2. The van der Waals surface area contributed by atoms with Gasteiger partial charge in [0.2, 0.25) is 0 Å². The summed E-state index contributed by atoms with van der Waals surface area (Å²) in [7, 11) is 0. The molecule has 0 aromatic heterocycles. The monoisotopic (exact) mass is 271 g/mol. The maximum absolute atomic E-state index is 13.4. The first kappa shape index (κ1) is 12.8. The van der Waals surface area contributed by atoms with E-state index in [-0.39, 0.29) is 12.2 Å². The van der Waals surface area contributed by atoms with Crippen LogP contribution in [0.1, 0.15) is 5.56 Å². The van der Waals surface area contributed by atoms with E-state index in [1.807, 2.05) is 0 Å². The number of rotatable bonds is 3. The van der Waals surface area contributed by atoms with Crippen molar-refractivity contribution in [3.05, 3.63) is 64.4 Å². The molecule has 2 aromatic rings. The van der Waals surface area contributed by atoms with Crippen molar-refractivity contribution in [1.29, 1.82) is 0 Å². The topological polar surface area (TPSA) is 12.0 Å². The Kier molecular flexibility index (Phi) is 3.77. The van der Waals surface area contributed by atoms with Crippen LogP contribution < -0.4 is 5.32 Å². The molecular formula is C13H9ClF3N. The van der Waals surface area contributed by atoms with Crippen molar-refractivity contribution in [1.82, 2.24) is 0 Å². The van der Waals surface area contributed by atoms with Gasteiger partial charge in [-0.15, -0.1) is 0 Å². The highest BCUT2D eigenvalue weighted by molar-refractivity contribution is 6.30. The smallest absolute Gasteiger partial charge is 0.129 e. The van der Waals surface area contributed by atoms with Crippen molar-refractivity contribution in [3.63, 3.8) is 0 Å². The minimum atomic E-state index is -0.686. The van der Waals surface area contributed by atoms with Crippen LogP contribution in [0.4, 0.5) is 18.9 Å². The van der Waals surface area contributed by atoms with Gasteiger partial charge in [-0.3, -0.25) is 0 Å². The van der Waals surface area contributed by atoms with E-state index in [4.69, 9.17) is 11.6 Å². The standard InChI is InChI=1S/C13H9ClF3N/c14-9-2-1-8(13(17)3-9)7-18-12-5-10(15)4-11(16)6-12/h1-6,18H,7H2. The van der Waals surface area contributed by atoms with E-state index < -0.39 is 17.5 Å². The Hall–Kier alpha value is -1.68. The number of hydrogen-bond donors (Lipinski definition) is 1. The molecule has 2 rings (SSSR count). The molecule has 94 valence electrons. The molecule has 2 aromatic carbocycles. The summed E-state index contributed by atoms with van der Waals surface area (Å²) in [5.41, 5.74) is 0.617. The fourth-order valence-corrected chi connectivity index (χ4v) is 1.68. The maximum Gasteiger partial charge on any atom is 0.129 e. The lowest BCUT2D eigenvalue weighted by molar-refractivity contribution is 0.584. The highest BCUT2D eigenvalue weighted by Gasteiger charge is 2.04. The summed E-state index contributed by atoms with van der Waals surface area (Å²) in [6, 6.07) is 7.29. The predicted molar refractivity (Wildman–Crippen MR) is 65.1 cm³/mol. The van der Waals surface area contributed by atoms with Gasteiger partial charge >= 0.3 is 0 Å². The summed E-state index contributed by atoms with van der Waals surface area (Å²) in [4.78, 5) is 0. The van der Waals surface area contributed by atoms with E-state index in [0.29, 0.717) is 10.6 Å². The Labute approximate surface area is 107 Å². The number of benzene rings is 2. The van der Waals surface area contributed by atoms with Crippen LogP contribution in [-0.4, -0.2) is 0 Å². The van der Waals surface area contributed by atoms with Crippen LogP contribution >= 0.6 is 11.6 Å². The Morgan fingerprint density at radius 1 is 0.944 bits per heavy atom. The van der Waals surface area contributed by atoms with E-state index in [1.165, 1.54) is 12.1 Å². The molecule has 0 saturated heterocycles. The van der Waals surface area contributed by atoms with Crippen molar-refractivity contribution in [2.24, 2.45) is 0 Å². The summed E-state index contributed by atoms with van der Waals surface area (Å²) >= 11 is 5.62. The largest absolute Gasteiger partial charge is 0.381 e. The molecule has 1 nitrogen and oxygen atoms in total. The molecule has 0 spiro atoms. The van der Waals surface area contributed by atoms with Crippen LogP contribution in [0.25, 0.3) is 0 Å². The summed E-state index contributed by atoms with van der Waals surface area (Å²) in [6.07, 6.45) is 0. The van der Waals surface area contributed by atoms with E-state index in [9.17, 15) is 13.2 Å². The Morgan fingerprint density at radius 3 is 2.22 bits per heavy atom. The van der Waals surface area contributed by atoms with Crippen LogP contribution in [0.15, 0.2) is 36.4 Å². The molecule has 0 fully saturated rings. The molecule has 18 heavy (non-hydrogen) atoms. The van der Waals surface area contributed by atoms with E-state index in [0.717, 1.165) is 18.2 Å². The first-order valence-corrected chi connectivity index (χ1v) is 5.56. The summed E-state index contributed by atoms with van der Waals surface area (Å²) in [6.45, 7) is 0.117. The molecule has 0 aliphatic rings. The van der Waals surface area contributed by atoms with Gasteiger partial charge in [0.1, 0.15) is 17.5 Å². The van der Waals surface area contributed by atoms with Crippen LogP contribution in [0.2, 0.25) is 5.02 Å². The second kappa shape index (κ2) is 5.31. The second-order valence-corrected chi connectivity index (χ2v) is 4.18. The summed E-state index contributed by atoms with van der Waals surface area (Å²) in [5.74, 6) is -1.84. The highest BCUT2D eigenvalue weighted by atomic mass is 35.5. The van der Waals surface area contributed by atoms with Crippen molar-refractivity contribution in [2.75, 3.05) is 5.32 Å². The molecule has 1 N–H and O–H groups in total. The zero-order valence-corrected chi connectivity index (χ0v) is 9.94. The Balaban J connectivity index is 2.11. The minimum Gasteiger partial charge on any atom is -0.381 e. The quantitative estimate of drug-likeness (QED) is 0.874. The van der Waals surface area contributed by atoms with Gasteiger partial charge in [-0.2, -0.15) is 0 Å². The Bertz CT molecular complexity index is 552. The van der Waals surface area contributed by atoms with Crippen LogP contribution in [-0.2, 0) is 6.54 Å². The normalized spacial score (nSPS) is 10.4. The third-order valence-corrected chi connectivity index (χ3v) is 2.60. The van der Waals surface area contributed by atoms with Crippen molar-refractivity contribution in [2.45, 2.75) is 6.54 Å². The first-order chi connectivity index (χ1) is 8.54. The molecule has 0 atom stereocenters. The zero-order chi connectivity index (χ0) is 13.1. The summed E-state index contributed by atoms with van der Waals surface area (Å²) < 4.78 is 39.3. The molecule has 0 radical (unpaired) electrons. The van der Waals surface area contributed by atoms with E-state index in [1.54, 1.807) is 6.07 Å². The summed E-state index contributed by atoms with van der Waals surface area (Å²) in [5, 5.41) is 3.04. The molecule has 0 saturated carbocycles. The van der Waals surface area contributed by atoms with Gasteiger partial charge in [-0.25, -0.2) is 13.2 Å². The molecular weight excluding hydrogens is 263 g/mol. The van der Waals surface area contributed by atoms with Crippen LogP contribution in [0, 0.1) is 17.5 Å². The third-order valence-electron chi connectivity index (χ3n) is 2.36. The molecule has 5 heteroatoms. The zero-order valence-electron chi connectivity index (χ0n) is 9.18. The molecule has 0 heterocycles. The van der Waals surface area contributed by atoms with Gasteiger partial charge in [0, 0.05) is 28.9 Å². The minimum absolute atomic E-state index is 0.117. The van der Waals surface area contributed by atoms with Gasteiger partial charge in [0.05, 0.1) is 0 Å². The van der Waals surface area contributed by atoms with E-state index in [2.05, 4.69) is 5.32 Å². The van der Waals surface area contributed by atoms with Crippen LogP contribution in [0.5, 0.6) is 0 Å². The van der Waals surface area contributed by atoms with Crippen molar-refractivity contribution >= 4 is 17.3 Å². The molecule has 0 aliphatic heterocycles. The Morgan fingerprint density at radius 2 is 1.61 bits per heavy atom. The second-order valence-electron chi connectivity index (χ2n) is 3.75. The average Bonchev–Trinajstić information content (AvgIpc) is 2.26. The molecule has 0 aliphatic carbocycles. The van der Waals surface area contributed by atoms with E-state index >= 15 is 0 Å². The maximum atomic E-state index is 13.4. The number of nitrogens with one attached hydrogen (secondary N) is 1. The number of hydrogen-bond acceptors (Lipinski definition) is 1.